The van der Waals surface area contributed by atoms with Gasteiger partial charge in [0.25, 0.3) is 5.91 Å². The quantitative estimate of drug-likeness (QED) is 0.899. The molecule has 0 saturated heterocycles. The summed E-state index contributed by atoms with van der Waals surface area (Å²) in [7, 11) is 0. The highest BCUT2D eigenvalue weighted by atomic mass is 32.1. The molecule has 1 heterocycles. The molecule has 0 saturated carbocycles. The van der Waals surface area contributed by atoms with Gasteiger partial charge in [0.2, 0.25) is 0 Å². The van der Waals surface area contributed by atoms with Crippen molar-refractivity contribution in [2.45, 2.75) is 19.9 Å². The van der Waals surface area contributed by atoms with Gasteiger partial charge >= 0.3 is 0 Å². The van der Waals surface area contributed by atoms with Crippen LogP contribution in [0.15, 0.2) is 35.7 Å². The lowest BCUT2D eigenvalue weighted by Crippen LogP contribution is -2.26. The molecule has 1 aromatic heterocycles. The second-order valence-electron chi connectivity index (χ2n) is 4.17. The van der Waals surface area contributed by atoms with Gasteiger partial charge in [-0.2, -0.15) is 0 Å². The molecule has 1 aromatic carbocycles. The Morgan fingerprint density at radius 2 is 2.17 bits per heavy atom. The van der Waals surface area contributed by atoms with Crippen LogP contribution in [0, 0.1) is 12.7 Å². The van der Waals surface area contributed by atoms with E-state index in [1.807, 2.05) is 24.4 Å². The number of hydrogen-bond acceptors (Lipinski definition) is 2. The SMILES string of the molecule is Cc1cc(C(=O)NC(C)c2cccs2)ccc1F. The summed E-state index contributed by atoms with van der Waals surface area (Å²) in [5.74, 6) is -0.475. The number of hydrogen-bond donors (Lipinski definition) is 1. The Morgan fingerprint density at radius 3 is 2.78 bits per heavy atom. The number of thiophene rings is 1. The van der Waals surface area contributed by atoms with Gasteiger partial charge in [-0.3, -0.25) is 4.79 Å². The number of rotatable bonds is 3. The number of carbonyl (C=O) groups excluding carboxylic acids is 1. The van der Waals surface area contributed by atoms with Crippen molar-refractivity contribution >= 4 is 17.2 Å². The average Bonchev–Trinajstić information content (AvgIpc) is 2.86. The Kier molecular flexibility index (Phi) is 3.77. The number of amides is 1. The second-order valence-corrected chi connectivity index (χ2v) is 5.15. The molecule has 0 radical (unpaired) electrons. The van der Waals surface area contributed by atoms with Crippen molar-refractivity contribution in [3.63, 3.8) is 0 Å². The van der Waals surface area contributed by atoms with Crippen molar-refractivity contribution in [1.29, 1.82) is 0 Å². The average molecular weight is 263 g/mol. The van der Waals surface area contributed by atoms with E-state index in [1.165, 1.54) is 12.1 Å². The highest BCUT2D eigenvalue weighted by molar-refractivity contribution is 7.10. The van der Waals surface area contributed by atoms with Crippen molar-refractivity contribution in [2.75, 3.05) is 0 Å². The number of carbonyl (C=O) groups is 1. The predicted octanol–water partition coefficient (Wildman–Crippen LogP) is 3.69. The lowest BCUT2D eigenvalue weighted by Gasteiger charge is -2.12. The summed E-state index contributed by atoms with van der Waals surface area (Å²) in [5, 5.41) is 4.87. The van der Waals surface area contributed by atoms with E-state index in [-0.39, 0.29) is 17.8 Å². The Hall–Kier alpha value is -1.68. The molecule has 0 spiro atoms. The molecule has 0 aliphatic heterocycles. The number of aryl methyl sites for hydroxylation is 1. The fraction of sp³-hybridized carbons (Fsp3) is 0.214. The fourth-order valence-electron chi connectivity index (χ4n) is 1.67. The summed E-state index contributed by atoms with van der Waals surface area (Å²) in [5.41, 5.74) is 0.962. The summed E-state index contributed by atoms with van der Waals surface area (Å²) >= 11 is 1.60. The Bertz CT molecular complexity index is 551. The molecule has 0 aliphatic rings. The Balaban J connectivity index is 2.10. The topological polar surface area (TPSA) is 29.1 Å². The maximum atomic E-state index is 13.1. The third-order valence-corrected chi connectivity index (χ3v) is 3.79. The standard InChI is InChI=1S/C14H14FNOS/c1-9-8-11(5-6-12(9)15)14(17)16-10(2)13-4-3-7-18-13/h3-8,10H,1-2H3,(H,16,17). The smallest absolute Gasteiger partial charge is 0.251 e. The van der Waals surface area contributed by atoms with Crippen LogP contribution in [0.1, 0.15) is 33.8 Å². The van der Waals surface area contributed by atoms with Crippen LogP contribution in [0.4, 0.5) is 4.39 Å². The molecule has 0 fully saturated rings. The Morgan fingerprint density at radius 1 is 1.39 bits per heavy atom. The largest absolute Gasteiger partial charge is 0.345 e. The maximum absolute atomic E-state index is 13.1. The normalized spacial score (nSPS) is 12.2. The fourth-order valence-corrected chi connectivity index (χ4v) is 2.41. The molecule has 0 aliphatic carbocycles. The van der Waals surface area contributed by atoms with Gasteiger partial charge in [0.05, 0.1) is 6.04 Å². The maximum Gasteiger partial charge on any atom is 0.251 e. The molecule has 4 heteroatoms. The molecular weight excluding hydrogens is 249 g/mol. The third kappa shape index (κ3) is 2.76. The molecule has 2 nitrogen and oxygen atoms in total. The van der Waals surface area contributed by atoms with Gasteiger partial charge in [-0.05, 0) is 49.1 Å². The van der Waals surface area contributed by atoms with E-state index in [4.69, 9.17) is 0 Å². The third-order valence-electron chi connectivity index (χ3n) is 2.74. The minimum absolute atomic E-state index is 0.0390. The molecule has 1 N–H and O–H groups in total. The van der Waals surface area contributed by atoms with E-state index in [9.17, 15) is 9.18 Å². The molecule has 18 heavy (non-hydrogen) atoms. The molecule has 94 valence electrons. The second kappa shape index (κ2) is 5.31. The zero-order chi connectivity index (χ0) is 13.1. The number of benzene rings is 1. The van der Waals surface area contributed by atoms with Gasteiger partial charge < -0.3 is 5.32 Å². The van der Waals surface area contributed by atoms with Gasteiger partial charge in [0, 0.05) is 10.4 Å². The van der Waals surface area contributed by atoms with Crippen LogP contribution < -0.4 is 5.32 Å². The zero-order valence-corrected chi connectivity index (χ0v) is 11.1. The van der Waals surface area contributed by atoms with E-state index >= 15 is 0 Å². The van der Waals surface area contributed by atoms with Gasteiger partial charge in [-0.25, -0.2) is 4.39 Å². The number of nitrogens with one attached hydrogen (secondary N) is 1. The minimum Gasteiger partial charge on any atom is -0.345 e. The highest BCUT2D eigenvalue weighted by Crippen LogP contribution is 2.19. The summed E-state index contributed by atoms with van der Waals surface area (Å²) in [6.07, 6.45) is 0. The van der Waals surface area contributed by atoms with Gasteiger partial charge in [0.15, 0.2) is 0 Å². The Labute approximate surface area is 109 Å². The van der Waals surface area contributed by atoms with Crippen molar-refractivity contribution in [1.82, 2.24) is 5.32 Å². The van der Waals surface area contributed by atoms with E-state index < -0.39 is 0 Å². The van der Waals surface area contributed by atoms with Gasteiger partial charge in [0.1, 0.15) is 5.82 Å². The summed E-state index contributed by atoms with van der Waals surface area (Å²) in [6.45, 7) is 3.58. The number of halogens is 1. The molecule has 2 rings (SSSR count). The van der Waals surface area contributed by atoms with E-state index in [1.54, 1.807) is 24.3 Å². The first-order chi connectivity index (χ1) is 8.58. The van der Waals surface area contributed by atoms with E-state index in [0.29, 0.717) is 11.1 Å². The van der Waals surface area contributed by atoms with Crippen LogP contribution in [-0.2, 0) is 0 Å². The van der Waals surface area contributed by atoms with E-state index in [0.717, 1.165) is 4.88 Å². The summed E-state index contributed by atoms with van der Waals surface area (Å²) in [4.78, 5) is 13.1. The molecule has 1 amide bonds. The van der Waals surface area contributed by atoms with Crippen molar-refractivity contribution in [2.24, 2.45) is 0 Å². The molecular formula is C14H14FNOS. The minimum atomic E-state index is -0.294. The van der Waals surface area contributed by atoms with E-state index in [2.05, 4.69) is 5.32 Å². The molecule has 1 unspecified atom stereocenters. The molecule has 1 atom stereocenters. The van der Waals surface area contributed by atoms with Crippen LogP contribution in [0.3, 0.4) is 0 Å². The van der Waals surface area contributed by atoms with Crippen molar-refractivity contribution < 1.29 is 9.18 Å². The first-order valence-corrected chi connectivity index (χ1v) is 6.56. The zero-order valence-electron chi connectivity index (χ0n) is 10.2. The van der Waals surface area contributed by atoms with Crippen molar-refractivity contribution in [3.05, 3.63) is 57.5 Å². The van der Waals surface area contributed by atoms with Gasteiger partial charge in [-0.1, -0.05) is 6.07 Å². The first kappa shape index (κ1) is 12.8. The molecule has 2 aromatic rings. The molecule has 0 bridgehead atoms. The van der Waals surface area contributed by atoms with Crippen LogP contribution >= 0.6 is 11.3 Å². The predicted molar refractivity (Wildman–Crippen MR) is 71.3 cm³/mol. The highest BCUT2D eigenvalue weighted by Gasteiger charge is 2.12. The first-order valence-electron chi connectivity index (χ1n) is 5.68. The lowest BCUT2D eigenvalue weighted by atomic mass is 10.1. The van der Waals surface area contributed by atoms with Crippen LogP contribution in [0.25, 0.3) is 0 Å². The van der Waals surface area contributed by atoms with Crippen LogP contribution in [0.5, 0.6) is 0 Å². The van der Waals surface area contributed by atoms with Crippen LogP contribution in [0.2, 0.25) is 0 Å². The lowest BCUT2D eigenvalue weighted by molar-refractivity contribution is 0.0940. The summed E-state index contributed by atoms with van der Waals surface area (Å²) in [6, 6.07) is 8.27. The van der Waals surface area contributed by atoms with Gasteiger partial charge in [-0.15, -0.1) is 11.3 Å². The monoisotopic (exact) mass is 263 g/mol. The van der Waals surface area contributed by atoms with Crippen molar-refractivity contribution in [3.8, 4) is 0 Å². The van der Waals surface area contributed by atoms with Crippen LogP contribution in [-0.4, -0.2) is 5.91 Å². The summed E-state index contributed by atoms with van der Waals surface area (Å²) < 4.78 is 13.1.